The standard InChI is InChI=1S/C21H33Cl3N2O2/c1-2-21(28)26-9-7-25(8-10-26)6-5-14-11-16(19(24)13-20(14)27)17-12-15(22)3-4-18(17)23/h2,14-20,27H,1,3-13H2. The number of rotatable bonds is 5. The van der Waals surface area contributed by atoms with Crippen LogP contribution >= 0.6 is 34.8 Å². The molecule has 0 aromatic carbocycles. The molecule has 7 unspecified atom stereocenters. The second-order valence-corrected chi connectivity index (χ2v) is 10.5. The van der Waals surface area contributed by atoms with Gasteiger partial charge in [0.05, 0.1) is 6.10 Å². The average molecular weight is 452 g/mol. The fourth-order valence-electron chi connectivity index (χ4n) is 5.23. The second-order valence-electron chi connectivity index (χ2n) is 8.73. The lowest BCUT2D eigenvalue weighted by Gasteiger charge is -2.44. The van der Waals surface area contributed by atoms with Gasteiger partial charge in [0.1, 0.15) is 0 Å². The van der Waals surface area contributed by atoms with Crippen LogP contribution in [0.25, 0.3) is 0 Å². The Hall–Kier alpha value is -0.0000000000000000763. The molecule has 1 amide bonds. The predicted octanol–water partition coefficient (Wildman–Crippen LogP) is 3.72. The van der Waals surface area contributed by atoms with Crippen LogP contribution in [0.3, 0.4) is 0 Å². The van der Waals surface area contributed by atoms with E-state index in [1.54, 1.807) is 0 Å². The number of aliphatic hydroxyl groups is 1. The molecule has 7 atom stereocenters. The number of aliphatic hydroxyl groups excluding tert-OH is 1. The van der Waals surface area contributed by atoms with Gasteiger partial charge in [-0.1, -0.05) is 6.58 Å². The second kappa shape index (κ2) is 10.3. The summed E-state index contributed by atoms with van der Waals surface area (Å²) in [4.78, 5) is 15.9. The van der Waals surface area contributed by atoms with E-state index in [2.05, 4.69) is 11.5 Å². The van der Waals surface area contributed by atoms with Gasteiger partial charge in [0.2, 0.25) is 5.91 Å². The molecule has 0 bridgehead atoms. The third-order valence-electron chi connectivity index (χ3n) is 7.02. The lowest BCUT2D eigenvalue weighted by molar-refractivity contribution is -0.127. The van der Waals surface area contributed by atoms with Gasteiger partial charge in [-0.3, -0.25) is 9.69 Å². The maximum Gasteiger partial charge on any atom is 0.246 e. The minimum Gasteiger partial charge on any atom is -0.393 e. The Kier molecular flexibility index (Phi) is 8.38. The molecule has 1 aliphatic heterocycles. The molecule has 7 heteroatoms. The van der Waals surface area contributed by atoms with Crippen LogP contribution in [0, 0.1) is 17.8 Å². The Morgan fingerprint density at radius 3 is 2.36 bits per heavy atom. The summed E-state index contributed by atoms with van der Waals surface area (Å²) in [5.41, 5.74) is 0. The van der Waals surface area contributed by atoms with Crippen molar-refractivity contribution in [3.8, 4) is 0 Å². The topological polar surface area (TPSA) is 43.8 Å². The summed E-state index contributed by atoms with van der Waals surface area (Å²) in [6, 6.07) is 0. The molecular weight excluding hydrogens is 419 g/mol. The number of hydrogen-bond acceptors (Lipinski definition) is 3. The number of nitrogens with zero attached hydrogens (tertiary/aromatic N) is 2. The quantitative estimate of drug-likeness (QED) is 0.512. The summed E-state index contributed by atoms with van der Waals surface area (Å²) in [5.74, 6) is 0.955. The largest absolute Gasteiger partial charge is 0.393 e. The normalized spacial score (nSPS) is 40.3. The van der Waals surface area contributed by atoms with Crippen LogP contribution in [0.1, 0.15) is 38.5 Å². The number of piperazine rings is 1. The van der Waals surface area contributed by atoms with E-state index < -0.39 is 0 Å². The van der Waals surface area contributed by atoms with Gasteiger partial charge < -0.3 is 10.0 Å². The highest BCUT2D eigenvalue weighted by molar-refractivity contribution is 6.23. The fraction of sp³-hybridized carbons (Fsp3) is 0.857. The molecule has 160 valence electrons. The van der Waals surface area contributed by atoms with Crippen molar-refractivity contribution in [2.75, 3.05) is 32.7 Å². The Balaban J connectivity index is 1.51. The number of halogens is 3. The zero-order valence-electron chi connectivity index (χ0n) is 16.5. The molecule has 2 saturated carbocycles. The van der Waals surface area contributed by atoms with Gasteiger partial charge in [-0.25, -0.2) is 0 Å². The zero-order chi connectivity index (χ0) is 20.3. The lowest BCUT2D eigenvalue weighted by Crippen LogP contribution is -2.49. The van der Waals surface area contributed by atoms with E-state index in [-0.39, 0.29) is 34.1 Å². The van der Waals surface area contributed by atoms with Crippen LogP contribution in [0.15, 0.2) is 12.7 Å². The number of carbonyl (C=O) groups excluding carboxylic acids is 1. The van der Waals surface area contributed by atoms with Gasteiger partial charge in [0.15, 0.2) is 0 Å². The molecule has 2 aliphatic carbocycles. The SMILES string of the molecule is C=CC(=O)N1CCN(CCC2CC(C3CC(Cl)CCC3Cl)C(Cl)CC2O)CC1. The van der Waals surface area contributed by atoms with E-state index in [1.807, 2.05) is 4.90 Å². The van der Waals surface area contributed by atoms with E-state index in [0.717, 1.165) is 64.8 Å². The van der Waals surface area contributed by atoms with Crippen molar-refractivity contribution in [2.45, 2.75) is 60.8 Å². The van der Waals surface area contributed by atoms with Crippen molar-refractivity contribution in [1.82, 2.24) is 9.80 Å². The highest BCUT2D eigenvalue weighted by Gasteiger charge is 2.43. The molecule has 1 heterocycles. The third-order valence-corrected chi connectivity index (χ3v) is 8.46. The maximum atomic E-state index is 11.7. The van der Waals surface area contributed by atoms with Crippen molar-refractivity contribution in [1.29, 1.82) is 0 Å². The first-order valence-corrected chi connectivity index (χ1v) is 11.9. The summed E-state index contributed by atoms with van der Waals surface area (Å²) >= 11 is 19.8. The minimum atomic E-state index is -0.341. The minimum absolute atomic E-state index is 0.0130. The van der Waals surface area contributed by atoms with Crippen molar-refractivity contribution in [3.63, 3.8) is 0 Å². The first kappa shape index (κ1) is 22.7. The van der Waals surface area contributed by atoms with E-state index in [9.17, 15) is 9.90 Å². The van der Waals surface area contributed by atoms with Crippen LogP contribution < -0.4 is 0 Å². The highest BCUT2D eigenvalue weighted by Crippen LogP contribution is 2.46. The number of hydrogen-bond donors (Lipinski definition) is 1. The molecule has 0 radical (unpaired) electrons. The van der Waals surface area contributed by atoms with E-state index in [1.165, 1.54) is 6.08 Å². The van der Waals surface area contributed by atoms with Gasteiger partial charge in [0.25, 0.3) is 0 Å². The molecule has 1 saturated heterocycles. The van der Waals surface area contributed by atoms with Crippen molar-refractivity contribution in [3.05, 3.63) is 12.7 Å². The number of carbonyl (C=O) groups is 1. The van der Waals surface area contributed by atoms with Crippen LogP contribution in [0.4, 0.5) is 0 Å². The molecule has 0 aromatic rings. The molecule has 0 spiro atoms. The molecule has 1 N–H and O–H groups in total. The fourth-order valence-corrected chi connectivity index (χ4v) is 6.45. The lowest BCUT2D eigenvalue weighted by atomic mass is 9.68. The molecule has 3 fully saturated rings. The van der Waals surface area contributed by atoms with Crippen LogP contribution in [0.5, 0.6) is 0 Å². The molecular formula is C21H33Cl3N2O2. The van der Waals surface area contributed by atoms with Gasteiger partial charge in [-0.15, -0.1) is 34.8 Å². The Morgan fingerprint density at radius 2 is 1.68 bits per heavy atom. The molecule has 4 nitrogen and oxygen atoms in total. The third kappa shape index (κ3) is 5.57. The Bertz CT molecular complexity index is 542. The first-order chi connectivity index (χ1) is 13.4. The monoisotopic (exact) mass is 450 g/mol. The summed E-state index contributed by atoms with van der Waals surface area (Å²) in [5, 5.41) is 10.9. The Labute approximate surface area is 184 Å². The first-order valence-electron chi connectivity index (χ1n) is 10.6. The average Bonchev–Trinajstić information content (AvgIpc) is 2.69. The van der Waals surface area contributed by atoms with Gasteiger partial charge in [-0.2, -0.15) is 0 Å². The number of amides is 1. The van der Waals surface area contributed by atoms with Crippen LogP contribution in [-0.4, -0.2) is 75.8 Å². The number of alkyl halides is 3. The highest BCUT2D eigenvalue weighted by atomic mass is 35.5. The van der Waals surface area contributed by atoms with Gasteiger partial charge in [-0.05, 0) is 68.9 Å². The zero-order valence-corrected chi connectivity index (χ0v) is 18.8. The summed E-state index contributed by atoms with van der Waals surface area (Å²) < 4.78 is 0. The predicted molar refractivity (Wildman–Crippen MR) is 116 cm³/mol. The summed E-state index contributed by atoms with van der Waals surface area (Å²) in [6.07, 6.45) is 6.46. The van der Waals surface area contributed by atoms with E-state index in [0.29, 0.717) is 18.3 Å². The molecule has 0 aromatic heterocycles. The van der Waals surface area contributed by atoms with E-state index >= 15 is 0 Å². The van der Waals surface area contributed by atoms with Gasteiger partial charge in [0, 0.05) is 42.3 Å². The van der Waals surface area contributed by atoms with Crippen molar-refractivity contribution in [2.24, 2.45) is 17.8 Å². The van der Waals surface area contributed by atoms with Crippen molar-refractivity contribution < 1.29 is 9.90 Å². The van der Waals surface area contributed by atoms with Crippen LogP contribution in [-0.2, 0) is 4.79 Å². The van der Waals surface area contributed by atoms with Crippen LogP contribution in [0.2, 0.25) is 0 Å². The summed E-state index contributed by atoms with van der Waals surface area (Å²) in [6.45, 7) is 7.76. The molecule has 3 aliphatic rings. The van der Waals surface area contributed by atoms with Crippen molar-refractivity contribution >= 4 is 40.7 Å². The maximum absolute atomic E-state index is 11.7. The Morgan fingerprint density at radius 1 is 1.00 bits per heavy atom. The van der Waals surface area contributed by atoms with Gasteiger partial charge >= 0.3 is 0 Å². The molecule has 28 heavy (non-hydrogen) atoms. The molecule has 3 rings (SSSR count). The summed E-state index contributed by atoms with van der Waals surface area (Å²) in [7, 11) is 0. The van der Waals surface area contributed by atoms with E-state index in [4.69, 9.17) is 34.8 Å². The smallest absolute Gasteiger partial charge is 0.246 e.